The van der Waals surface area contributed by atoms with E-state index in [1.807, 2.05) is 42.5 Å². The largest absolute Gasteiger partial charge is 0.508 e. The fourth-order valence-electron chi connectivity index (χ4n) is 6.02. The first-order chi connectivity index (χ1) is 19.0. The van der Waals surface area contributed by atoms with Crippen LogP contribution >= 0.6 is 0 Å². The quantitative estimate of drug-likeness (QED) is 0.300. The third-order valence-corrected chi connectivity index (χ3v) is 7.96. The van der Waals surface area contributed by atoms with Gasteiger partial charge in [-0.05, 0) is 83.3 Å². The van der Waals surface area contributed by atoms with Crippen molar-refractivity contribution in [1.82, 2.24) is 0 Å². The Morgan fingerprint density at radius 3 is 2.41 bits per heavy atom. The van der Waals surface area contributed by atoms with Gasteiger partial charge in [-0.3, -0.25) is 0 Å². The van der Waals surface area contributed by atoms with E-state index in [0.29, 0.717) is 30.1 Å². The fraction of sp³-hybridized carbons (Fsp3) is 0.273. The Bertz CT molecular complexity index is 1530. The molecule has 0 aromatic heterocycles. The van der Waals surface area contributed by atoms with Crippen molar-refractivity contribution in [3.8, 4) is 39.9 Å². The van der Waals surface area contributed by atoms with Gasteiger partial charge in [0.1, 0.15) is 23.4 Å². The van der Waals surface area contributed by atoms with E-state index in [1.54, 1.807) is 19.2 Å². The molecule has 2 atom stereocenters. The first-order valence-corrected chi connectivity index (χ1v) is 13.3. The summed E-state index contributed by atoms with van der Waals surface area (Å²) in [6, 6.07) is 21.1. The second-order valence-corrected chi connectivity index (χ2v) is 10.3. The van der Waals surface area contributed by atoms with Gasteiger partial charge in [-0.15, -0.1) is 0 Å². The molecule has 1 aliphatic carbocycles. The van der Waals surface area contributed by atoms with E-state index in [-0.39, 0.29) is 11.5 Å². The Labute approximate surface area is 228 Å². The molecule has 200 valence electrons. The molecule has 4 aromatic carbocycles. The Morgan fingerprint density at radius 1 is 0.846 bits per heavy atom. The molecule has 2 aliphatic rings. The van der Waals surface area contributed by atoms with Crippen molar-refractivity contribution in [1.29, 1.82) is 0 Å². The van der Waals surface area contributed by atoms with E-state index in [9.17, 15) is 15.3 Å². The lowest BCUT2D eigenvalue weighted by molar-refractivity contribution is 0.0202. The predicted octanol–water partition coefficient (Wildman–Crippen LogP) is 5.70. The maximum Gasteiger partial charge on any atom is 0.161 e. The van der Waals surface area contributed by atoms with Crippen molar-refractivity contribution in [3.05, 3.63) is 100 Å². The maximum atomic E-state index is 11.4. The Balaban J connectivity index is 1.36. The third-order valence-electron chi connectivity index (χ3n) is 7.96. The molecule has 0 bridgehead atoms. The van der Waals surface area contributed by atoms with Crippen LogP contribution in [0.3, 0.4) is 0 Å². The van der Waals surface area contributed by atoms with E-state index < -0.39 is 12.2 Å². The number of fused-ring (bicyclic) bond motifs is 5. The summed E-state index contributed by atoms with van der Waals surface area (Å²) in [5, 5.41) is 32.2. The van der Waals surface area contributed by atoms with Gasteiger partial charge in [-0.25, -0.2) is 0 Å². The van der Waals surface area contributed by atoms with Crippen molar-refractivity contribution in [2.24, 2.45) is 0 Å². The highest BCUT2D eigenvalue weighted by molar-refractivity contribution is 5.82. The second kappa shape index (κ2) is 10.2. The number of aliphatic hydroxyl groups is 1. The van der Waals surface area contributed by atoms with Crippen molar-refractivity contribution >= 4 is 0 Å². The predicted molar refractivity (Wildman–Crippen MR) is 149 cm³/mol. The lowest BCUT2D eigenvalue weighted by Crippen LogP contribution is -2.31. The second-order valence-electron chi connectivity index (χ2n) is 10.3. The summed E-state index contributed by atoms with van der Waals surface area (Å²) >= 11 is 0. The molecule has 6 nitrogen and oxygen atoms in total. The van der Waals surface area contributed by atoms with E-state index in [2.05, 4.69) is 12.1 Å². The monoisotopic (exact) mass is 524 g/mol. The van der Waals surface area contributed by atoms with Crippen LogP contribution in [0, 0.1) is 0 Å². The zero-order valence-electron chi connectivity index (χ0n) is 22.1. The summed E-state index contributed by atoms with van der Waals surface area (Å²) in [5.74, 6) is 2.13. The lowest BCUT2D eigenvalue weighted by atomic mass is 9.79. The highest BCUT2D eigenvalue weighted by Crippen LogP contribution is 2.49. The van der Waals surface area contributed by atoms with Gasteiger partial charge in [0.25, 0.3) is 0 Å². The SMILES string of the molecule is COc1cc([C@H]2Oc3cc(OC)c4c(c3C[C@H]2O)CCc2cc(O)ccc2-4)cc(CCc2ccccc2)c1O. The van der Waals surface area contributed by atoms with Gasteiger partial charge in [0.05, 0.1) is 20.3 Å². The molecule has 6 rings (SSSR count). The van der Waals surface area contributed by atoms with E-state index in [4.69, 9.17) is 14.2 Å². The standard InChI is InChI=1S/C33H32O6/c1-37-29-18-28-26(25-12-10-20-15-23(34)11-13-24(20)31(25)29)17-27(35)33(39-28)22-14-21(32(36)30(16-22)38-2)9-8-19-6-4-3-5-7-19/h3-7,11,13-16,18,27,33-36H,8-10,12,17H2,1-2H3/t27-,33-/m1/s1. The normalized spacial score (nSPS) is 17.4. The molecule has 0 saturated heterocycles. The molecule has 0 radical (unpaired) electrons. The summed E-state index contributed by atoms with van der Waals surface area (Å²) in [5.41, 5.74) is 7.90. The van der Waals surface area contributed by atoms with Crippen molar-refractivity contribution in [2.45, 2.75) is 44.3 Å². The molecule has 1 aliphatic heterocycles. The molecular formula is C33H32O6. The average molecular weight is 525 g/mol. The maximum absolute atomic E-state index is 11.4. The minimum atomic E-state index is -0.785. The Kier molecular flexibility index (Phi) is 6.57. The van der Waals surface area contributed by atoms with Crippen LogP contribution in [0.4, 0.5) is 0 Å². The Hall–Kier alpha value is -4.16. The van der Waals surface area contributed by atoms with Crippen LogP contribution in [-0.2, 0) is 32.1 Å². The number of methoxy groups -OCH3 is 2. The molecule has 0 unspecified atom stereocenters. The number of rotatable bonds is 6. The molecule has 0 saturated carbocycles. The molecular weight excluding hydrogens is 492 g/mol. The number of benzene rings is 4. The van der Waals surface area contributed by atoms with E-state index in [0.717, 1.165) is 58.2 Å². The average Bonchev–Trinajstić information content (AvgIpc) is 2.96. The zero-order valence-corrected chi connectivity index (χ0v) is 22.1. The highest BCUT2D eigenvalue weighted by Gasteiger charge is 2.35. The van der Waals surface area contributed by atoms with Crippen molar-refractivity contribution in [2.75, 3.05) is 14.2 Å². The lowest BCUT2D eigenvalue weighted by Gasteiger charge is -2.35. The van der Waals surface area contributed by atoms with Gasteiger partial charge in [-0.1, -0.05) is 36.4 Å². The third kappa shape index (κ3) is 4.55. The van der Waals surface area contributed by atoms with E-state index >= 15 is 0 Å². The van der Waals surface area contributed by atoms with Crippen LogP contribution in [0.1, 0.15) is 39.5 Å². The van der Waals surface area contributed by atoms with Crippen molar-refractivity contribution < 1.29 is 29.5 Å². The van der Waals surface area contributed by atoms with Crippen LogP contribution in [-0.4, -0.2) is 35.6 Å². The number of phenols is 2. The number of ether oxygens (including phenoxy) is 3. The summed E-state index contributed by atoms with van der Waals surface area (Å²) in [6.45, 7) is 0. The van der Waals surface area contributed by atoms with Gasteiger partial charge in [0, 0.05) is 23.6 Å². The summed E-state index contributed by atoms with van der Waals surface area (Å²) < 4.78 is 17.8. The number of aryl methyl sites for hydroxylation is 3. The highest BCUT2D eigenvalue weighted by atomic mass is 16.5. The Morgan fingerprint density at radius 2 is 1.64 bits per heavy atom. The first kappa shape index (κ1) is 25.1. The van der Waals surface area contributed by atoms with Gasteiger partial charge in [-0.2, -0.15) is 0 Å². The van der Waals surface area contributed by atoms with Gasteiger partial charge >= 0.3 is 0 Å². The minimum absolute atomic E-state index is 0.114. The number of phenolic OH excluding ortho intramolecular Hbond substituents is 2. The van der Waals surface area contributed by atoms with Crippen LogP contribution in [0.5, 0.6) is 28.7 Å². The molecule has 0 amide bonds. The zero-order chi connectivity index (χ0) is 27.1. The number of aliphatic hydroxyl groups excluding tert-OH is 1. The van der Waals surface area contributed by atoms with Gasteiger partial charge in [0.2, 0.25) is 0 Å². The van der Waals surface area contributed by atoms with E-state index in [1.165, 1.54) is 12.7 Å². The fourth-order valence-corrected chi connectivity index (χ4v) is 6.02. The summed E-state index contributed by atoms with van der Waals surface area (Å²) in [6.07, 6.45) is 1.96. The first-order valence-electron chi connectivity index (χ1n) is 13.3. The van der Waals surface area contributed by atoms with Crippen LogP contribution in [0.25, 0.3) is 11.1 Å². The van der Waals surface area contributed by atoms with Crippen molar-refractivity contribution in [3.63, 3.8) is 0 Å². The molecule has 0 fully saturated rings. The molecule has 6 heteroatoms. The number of aromatic hydroxyl groups is 2. The minimum Gasteiger partial charge on any atom is -0.508 e. The van der Waals surface area contributed by atoms with Crippen LogP contribution < -0.4 is 14.2 Å². The smallest absolute Gasteiger partial charge is 0.161 e. The van der Waals surface area contributed by atoms with Crippen LogP contribution in [0.15, 0.2) is 66.7 Å². The number of hydrogen-bond acceptors (Lipinski definition) is 6. The van der Waals surface area contributed by atoms with Gasteiger partial charge in [0.15, 0.2) is 11.5 Å². The topological polar surface area (TPSA) is 88.4 Å². The molecule has 1 heterocycles. The number of hydrogen-bond donors (Lipinski definition) is 3. The van der Waals surface area contributed by atoms with Crippen LogP contribution in [0.2, 0.25) is 0 Å². The summed E-state index contributed by atoms with van der Waals surface area (Å²) in [4.78, 5) is 0. The molecule has 0 spiro atoms. The molecule has 39 heavy (non-hydrogen) atoms. The van der Waals surface area contributed by atoms with Gasteiger partial charge < -0.3 is 29.5 Å². The molecule has 4 aromatic rings. The molecule has 3 N–H and O–H groups in total. The summed E-state index contributed by atoms with van der Waals surface area (Å²) in [7, 11) is 3.18.